The van der Waals surface area contributed by atoms with Crippen molar-refractivity contribution in [2.45, 2.75) is 57.7 Å². The molecule has 1 aromatic rings. The number of rotatable bonds is 8. The lowest BCUT2D eigenvalue weighted by molar-refractivity contribution is -0.128. The van der Waals surface area contributed by atoms with Gasteiger partial charge in [-0.05, 0) is 56.4 Å². The number of hydrogen-bond acceptors (Lipinski definition) is 3. The molecule has 2 N–H and O–H groups in total. The number of amides is 1. The van der Waals surface area contributed by atoms with Crippen LogP contribution in [0.1, 0.15) is 55.8 Å². The number of carbonyl (C=O) groups is 1. The Morgan fingerprint density at radius 1 is 1.31 bits per heavy atom. The van der Waals surface area contributed by atoms with Crippen molar-refractivity contribution in [2.75, 3.05) is 14.1 Å². The highest BCUT2D eigenvalue weighted by Crippen LogP contribution is 2.48. The van der Waals surface area contributed by atoms with Crippen molar-refractivity contribution in [1.82, 2.24) is 4.90 Å². The Kier molecular flexibility index (Phi) is 7.31. The van der Waals surface area contributed by atoms with Gasteiger partial charge in [-0.25, -0.2) is 0 Å². The summed E-state index contributed by atoms with van der Waals surface area (Å²) in [6.07, 6.45) is 10.8. The Bertz CT molecular complexity index is 767. The lowest BCUT2D eigenvalue weighted by Gasteiger charge is -2.19. The van der Waals surface area contributed by atoms with Gasteiger partial charge < -0.3 is 15.1 Å². The lowest BCUT2D eigenvalue weighted by Crippen LogP contribution is -2.21. The van der Waals surface area contributed by atoms with Crippen LogP contribution < -0.4 is 0 Å². The molecule has 1 aromatic carbocycles. The fraction of sp³-hybridized carbons (Fsp3) is 0.560. The van der Waals surface area contributed by atoms with Crippen molar-refractivity contribution in [3.05, 3.63) is 59.2 Å². The van der Waals surface area contributed by atoms with Gasteiger partial charge in [-0.3, -0.25) is 4.79 Å². The molecule has 2 aliphatic rings. The summed E-state index contributed by atoms with van der Waals surface area (Å²) in [5.41, 5.74) is 3.50. The van der Waals surface area contributed by atoms with Crippen LogP contribution >= 0.6 is 0 Å². The number of aliphatic hydroxyl groups excluding tert-OH is 2. The van der Waals surface area contributed by atoms with Crippen LogP contribution in [0.25, 0.3) is 0 Å². The normalized spacial score (nSPS) is 27.1. The molecule has 29 heavy (non-hydrogen) atoms. The smallest absolute Gasteiger partial charge is 0.222 e. The first-order valence-corrected chi connectivity index (χ1v) is 10.9. The molecular formula is C25H35NO3. The van der Waals surface area contributed by atoms with Crippen molar-refractivity contribution < 1.29 is 15.0 Å². The Morgan fingerprint density at radius 3 is 2.83 bits per heavy atom. The van der Waals surface area contributed by atoms with Gasteiger partial charge in [0.05, 0.1) is 12.2 Å². The van der Waals surface area contributed by atoms with E-state index in [4.69, 9.17) is 0 Å². The second-order valence-electron chi connectivity index (χ2n) is 8.98. The van der Waals surface area contributed by atoms with E-state index in [0.717, 1.165) is 43.2 Å². The number of benzene rings is 1. The second-order valence-corrected chi connectivity index (χ2v) is 8.98. The SMILES string of the molecule is Cc1cccc([C@@H](O)/C=C/[C@@H]2[C@H]3CC(CCCCC(=O)N(C)C)=C[C@H]3C[C@H]2O)c1. The van der Waals surface area contributed by atoms with Gasteiger partial charge in [0.1, 0.15) is 0 Å². The number of fused-ring (bicyclic) bond motifs is 1. The van der Waals surface area contributed by atoms with E-state index >= 15 is 0 Å². The first-order chi connectivity index (χ1) is 13.8. The fourth-order valence-electron chi connectivity index (χ4n) is 4.84. The van der Waals surface area contributed by atoms with E-state index < -0.39 is 6.10 Å². The monoisotopic (exact) mass is 397 g/mol. The summed E-state index contributed by atoms with van der Waals surface area (Å²) in [6.45, 7) is 2.02. The molecule has 158 valence electrons. The molecular weight excluding hydrogens is 362 g/mol. The van der Waals surface area contributed by atoms with E-state index in [0.29, 0.717) is 18.3 Å². The zero-order chi connectivity index (χ0) is 21.0. The van der Waals surface area contributed by atoms with Crippen LogP contribution in [0.5, 0.6) is 0 Å². The van der Waals surface area contributed by atoms with E-state index in [1.54, 1.807) is 19.0 Å². The van der Waals surface area contributed by atoms with Crippen LogP contribution in [0.15, 0.2) is 48.1 Å². The van der Waals surface area contributed by atoms with Crippen molar-refractivity contribution in [3.8, 4) is 0 Å². The average Bonchev–Trinajstić information content (AvgIpc) is 3.19. The van der Waals surface area contributed by atoms with E-state index in [2.05, 4.69) is 6.08 Å². The highest BCUT2D eigenvalue weighted by Gasteiger charge is 2.43. The molecule has 4 heteroatoms. The van der Waals surface area contributed by atoms with Gasteiger partial charge >= 0.3 is 0 Å². The Hall–Kier alpha value is -1.91. The van der Waals surface area contributed by atoms with Crippen LogP contribution in [0.3, 0.4) is 0 Å². The Labute approximate surface area is 174 Å². The number of carbonyl (C=O) groups excluding carboxylic acids is 1. The maximum atomic E-state index is 11.7. The van der Waals surface area contributed by atoms with E-state index in [1.807, 2.05) is 43.3 Å². The zero-order valence-corrected chi connectivity index (χ0v) is 17.9. The Morgan fingerprint density at radius 2 is 2.10 bits per heavy atom. The maximum absolute atomic E-state index is 11.7. The molecule has 0 radical (unpaired) electrons. The molecule has 2 aliphatic carbocycles. The topological polar surface area (TPSA) is 60.8 Å². The van der Waals surface area contributed by atoms with Crippen LogP contribution in [0, 0.1) is 24.7 Å². The minimum atomic E-state index is -0.635. The minimum absolute atomic E-state index is 0.100. The minimum Gasteiger partial charge on any atom is -0.392 e. The molecule has 0 heterocycles. The predicted octanol–water partition coefficient (Wildman–Crippen LogP) is 4.18. The molecule has 0 unspecified atom stereocenters. The molecule has 4 nitrogen and oxygen atoms in total. The third-order valence-electron chi connectivity index (χ3n) is 6.49. The molecule has 1 amide bonds. The molecule has 5 atom stereocenters. The van der Waals surface area contributed by atoms with Crippen molar-refractivity contribution >= 4 is 5.91 Å². The highest BCUT2D eigenvalue weighted by molar-refractivity contribution is 5.75. The van der Waals surface area contributed by atoms with Crippen LogP contribution in [0.2, 0.25) is 0 Å². The predicted molar refractivity (Wildman–Crippen MR) is 116 cm³/mol. The summed E-state index contributed by atoms with van der Waals surface area (Å²) in [4.78, 5) is 13.3. The van der Waals surface area contributed by atoms with Gasteiger partial charge in [0, 0.05) is 26.4 Å². The standard InChI is InChI=1S/C25H35NO3/c1-17-7-6-9-19(13-17)23(27)12-11-21-22-15-18(14-20(22)16-24(21)28)8-4-5-10-25(29)26(2)3/h6-7,9,11-14,20-24,27-28H,4-5,8,10,15-16H2,1-3H3/b12-11+/t20-,21+,22-,23-,24+/m0/s1. The van der Waals surface area contributed by atoms with Crippen molar-refractivity contribution in [1.29, 1.82) is 0 Å². The second kappa shape index (κ2) is 9.73. The van der Waals surface area contributed by atoms with Gasteiger partial charge in [0.25, 0.3) is 0 Å². The molecule has 0 spiro atoms. The Balaban J connectivity index is 1.51. The van der Waals surface area contributed by atoms with Crippen LogP contribution in [-0.4, -0.2) is 41.2 Å². The van der Waals surface area contributed by atoms with Gasteiger partial charge in [-0.15, -0.1) is 0 Å². The van der Waals surface area contributed by atoms with Gasteiger partial charge in [0.2, 0.25) is 5.91 Å². The summed E-state index contributed by atoms with van der Waals surface area (Å²) in [5, 5.41) is 21.0. The number of aryl methyl sites for hydroxylation is 1. The molecule has 0 saturated heterocycles. The lowest BCUT2D eigenvalue weighted by atomic mass is 9.88. The molecule has 0 aliphatic heterocycles. The number of unbranched alkanes of at least 4 members (excludes halogenated alkanes) is 1. The molecule has 0 aromatic heterocycles. The highest BCUT2D eigenvalue weighted by atomic mass is 16.3. The number of allylic oxidation sites excluding steroid dienone is 2. The van der Waals surface area contributed by atoms with Gasteiger partial charge in [-0.1, -0.05) is 53.6 Å². The van der Waals surface area contributed by atoms with Crippen LogP contribution in [0.4, 0.5) is 0 Å². The van der Waals surface area contributed by atoms with E-state index in [9.17, 15) is 15.0 Å². The number of nitrogens with zero attached hydrogens (tertiary/aromatic N) is 1. The first kappa shape index (κ1) is 21.8. The van der Waals surface area contributed by atoms with Crippen molar-refractivity contribution in [2.24, 2.45) is 17.8 Å². The summed E-state index contributed by atoms with van der Waals surface area (Å²) in [7, 11) is 3.61. The summed E-state index contributed by atoms with van der Waals surface area (Å²) in [6, 6.07) is 7.92. The zero-order valence-electron chi connectivity index (χ0n) is 17.9. The molecule has 1 saturated carbocycles. The molecule has 1 fully saturated rings. The quantitative estimate of drug-likeness (QED) is 0.511. The number of aliphatic hydroxyl groups is 2. The van der Waals surface area contributed by atoms with Gasteiger partial charge in [0.15, 0.2) is 0 Å². The average molecular weight is 398 g/mol. The van der Waals surface area contributed by atoms with Gasteiger partial charge in [-0.2, -0.15) is 0 Å². The summed E-state index contributed by atoms with van der Waals surface area (Å²) >= 11 is 0. The van der Waals surface area contributed by atoms with Crippen LogP contribution in [-0.2, 0) is 4.79 Å². The first-order valence-electron chi connectivity index (χ1n) is 10.9. The number of hydrogen-bond donors (Lipinski definition) is 2. The third kappa shape index (κ3) is 5.58. The van der Waals surface area contributed by atoms with E-state index in [1.165, 1.54) is 5.57 Å². The fourth-order valence-corrected chi connectivity index (χ4v) is 4.84. The molecule has 3 rings (SSSR count). The summed E-state index contributed by atoms with van der Waals surface area (Å²) in [5.74, 6) is 1.17. The third-order valence-corrected chi connectivity index (χ3v) is 6.49. The summed E-state index contributed by atoms with van der Waals surface area (Å²) < 4.78 is 0. The van der Waals surface area contributed by atoms with E-state index in [-0.39, 0.29) is 17.9 Å². The largest absolute Gasteiger partial charge is 0.392 e. The molecule has 0 bridgehead atoms. The van der Waals surface area contributed by atoms with Crippen molar-refractivity contribution in [3.63, 3.8) is 0 Å². The maximum Gasteiger partial charge on any atom is 0.222 e.